The third-order valence-electron chi connectivity index (χ3n) is 2.20. The standard InChI is InChI=1S/C11H14ClN3O2/c1-7(8-2-4-9(12)5-3-8)14-6-10(16)15-11(13)17/h2-5,7,14H,6H2,1H3,(H3,13,15,16,17). The van der Waals surface area contributed by atoms with Crippen molar-refractivity contribution in [2.45, 2.75) is 13.0 Å². The molecule has 0 fully saturated rings. The van der Waals surface area contributed by atoms with Gasteiger partial charge in [-0.2, -0.15) is 0 Å². The largest absolute Gasteiger partial charge is 0.351 e. The van der Waals surface area contributed by atoms with Gasteiger partial charge in [-0.1, -0.05) is 23.7 Å². The maximum absolute atomic E-state index is 11.1. The first kappa shape index (κ1) is 13.5. The van der Waals surface area contributed by atoms with E-state index in [4.69, 9.17) is 17.3 Å². The number of rotatable bonds is 4. The summed E-state index contributed by atoms with van der Waals surface area (Å²) in [7, 11) is 0. The van der Waals surface area contributed by atoms with Gasteiger partial charge in [-0.25, -0.2) is 4.79 Å². The summed E-state index contributed by atoms with van der Waals surface area (Å²) in [5.74, 6) is -0.460. The Kier molecular flexibility index (Phi) is 4.93. The Hall–Kier alpha value is -1.59. The number of carbonyl (C=O) groups is 2. The molecular weight excluding hydrogens is 242 g/mol. The van der Waals surface area contributed by atoms with Crippen LogP contribution in [0.5, 0.6) is 0 Å². The van der Waals surface area contributed by atoms with E-state index >= 15 is 0 Å². The first-order valence-corrected chi connectivity index (χ1v) is 5.45. The molecule has 4 N–H and O–H groups in total. The topological polar surface area (TPSA) is 84.2 Å². The van der Waals surface area contributed by atoms with Gasteiger partial charge in [-0.15, -0.1) is 0 Å². The van der Waals surface area contributed by atoms with Crippen molar-refractivity contribution in [2.75, 3.05) is 6.54 Å². The highest BCUT2D eigenvalue weighted by molar-refractivity contribution is 6.30. The maximum atomic E-state index is 11.1. The summed E-state index contributed by atoms with van der Waals surface area (Å²) < 4.78 is 0. The summed E-state index contributed by atoms with van der Waals surface area (Å²) >= 11 is 5.77. The zero-order valence-corrected chi connectivity index (χ0v) is 10.1. The molecule has 1 rings (SSSR count). The van der Waals surface area contributed by atoms with E-state index in [2.05, 4.69) is 5.32 Å². The number of primary amides is 1. The normalized spacial score (nSPS) is 11.9. The van der Waals surface area contributed by atoms with E-state index in [0.29, 0.717) is 5.02 Å². The van der Waals surface area contributed by atoms with Crippen LogP contribution in [0.25, 0.3) is 0 Å². The third kappa shape index (κ3) is 4.84. The van der Waals surface area contributed by atoms with E-state index in [0.717, 1.165) is 5.56 Å². The molecule has 1 aromatic carbocycles. The minimum absolute atomic E-state index is 0.0206. The van der Waals surface area contributed by atoms with Crippen molar-refractivity contribution in [1.82, 2.24) is 10.6 Å². The fourth-order valence-corrected chi connectivity index (χ4v) is 1.42. The molecule has 5 nitrogen and oxygen atoms in total. The van der Waals surface area contributed by atoms with Crippen LogP contribution < -0.4 is 16.4 Å². The molecule has 0 heterocycles. The predicted octanol–water partition coefficient (Wildman–Crippen LogP) is 1.19. The van der Waals surface area contributed by atoms with Crippen LogP contribution in [0.2, 0.25) is 5.02 Å². The Morgan fingerprint density at radius 2 is 1.94 bits per heavy atom. The molecule has 0 bridgehead atoms. The van der Waals surface area contributed by atoms with Gasteiger partial charge in [0.15, 0.2) is 0 Å². The molecule has 0 aliphatic carbocycles. The lowest BCUT2D eigenvalue weighted by molar-refractivity contribution is -0.119. The Morgan fingerprint density at radius 3 is 2.47 bits per heavy atom. The van der Waals surface area contributed by atoms with Crippen molar-refractivity contribution in [3.05, 3.63) is 34.9 Å². The van der Waals surface area contributed by atoms with Gasteiger partial charge in [-0.05, 0) is 24.6 Å². The minimum atomic E-state index is -0.851. The van der Waals surface area contributed by atoms with Crippen LogP contribution >= 0.6 is 11.6 Å². The number of nitrogens with one attached hydrogen (secondary N) is 2. The molecule has 3 amide bonds. The second kappa shape index (κ2) is 6.22. The first-order chi connectivity index (χ1) is 7.99. The average Bonchev–Trinajstić information content (AvgIpc) is 2.26. The number of imide groups is 1. The Balaban J connectivity index is 2.44. The van der Waals surface area contributed by atoms with Crippen molar-refractivity contribution >= 4 is 23.5 Å². The fourth-order valence-electron chi connectivity index (χ4n) is 1.30. The number of urea groups is 1. The molecular formula is C11H14ClN3O2. The number of benzene rings is 1. The summed E-state index contributed by atoms with van der Waals surface area (Å²) in [6.45, 7) is 1.92. The zero-order chi connectivity index (χ0) is 12.8. The number of halogens is 1. The van der Waals surface area contributed by atoms with Crippen LogP contribution in [0.4, 0.5) is 4.79 Å². The van der Waals surface area contributed by atoms with Gasteiger partial charge in [0.25, 0.3) is 0 Å². The van der Waals surface area contributed by atoms with Crippen LogP contribution in [0.3, 0.4) is 0 Å². The van der Waals surface area contributed by atoms with Gasteiger partial charge in [-0.3, -0.25) is 10.1 Å². The van der Waals surface area contributed by atoms with Gasteiger partial charge in [0.05, 0.1) is 6.54 Å². The Morgan fingerprint density at radius 1 is 1.35 bits per heavy atom. The lowest BCUT2D eigenvalue weighted by Crippen LogP contribution is -2.41. The first-order valence-electron chi connectivity index (χ1n) is 5.07. The van der Waals surface area contributed by atoms with Gasteiger partial charge >= 0.3 is 6.03 Å². The number of hydrogen-bond donors (Lipinski definition) is 3. The van der Waals surface area contributed by atoms with E-state index in [1.54, 1.807) is 12.1 Å². The average molecular weight is 256 g/mol. The highest BCUT2D eigenvalue weighted by Gasteiger charge is 2.08. The van der Waals surface area contributed by atoms with E-state index in [9.17, 15) is 9.59 Å². The second-order valence-corrected chi connectivity index (χ2v) is 4.00. The summed E-state index contributed by atoms with van der Waals surface area (Å²) in [5.41, 5.74) is 5.82. The van der Waals surface area contributed by atoms with Crippen molar-refractivity contribution in [3.8, 4) is 0 Å². The van der Waals surface area contributed by atoms with Crippen LogP contribution in [0, 0.1) is 0 Å². The van der Waals surface area contributed by atoms with Gasteiger partial charge < -0.3 is 11.1 Å². The summed E-state index contributed by atoms with van der Waals surface area (Å²) in [6.07, 6.45) is 0. The Labute approximate surface area is 104 Å². The molecule has 0 radical (unpaired) electrons. The van der Waals surface area contributed by atoms with Gasteiger partial charge in [0.2, 0.25) is 5.91 Å². The molecule has 0 aromatic heterocycles. The highest BCUT2D eigenvalue weighted by atomic mass is 35.5. The molecule has 17 heavy (non-hydrogen) atoms. The van der Waals surface area contributed by atoms with E-state index in [1.807, 2.05) is 24.4 Å². The van der Waals surface area contributed by atoms with E-state index in [1.165, 1.54) is 0 Å². The van der Waals surface area contributed by atoms with Crippen LogP contribution in [0.15, 0.2) is 24.3 Å². The molecule has 92 valence electrons. The van der Waals surface area contributed by atoms with Crippen molar-refractivity contribution in [1.29, 1.82) is 0 Å². The molecule has 0 aliphatic rings. The molecule has 1 aromatic rings. The maximum Gasteiger partial charge on any atom is 0.318 e. The summed E-state index contributed by atoms with van der Waals surface area (Å²) in [5, 5.41) is 5.60. The van der Waals surface area contributed by atoms with Gasteiger partial charge in [0, 0.05) is 11.1 Å². The zero-order valence-electron chi connectivity index (χ0n) is 9.37. The second-order valence-electron chi connectivity index (χ2n) is 3.57. The highest BCUT2D eigenvalue weighted by Crippen LogP contribution is 2.15. The number of hydrogen-bond acceptors (Lipinski definition) is 3. The minimum Gasteiger partial charge on any atom is -0.351 e. The van der Waals surface area contributed by atoms with E-state index in [-0.39, 0.29) is 12.6 Å². The van der Waals surface area contributed by atoms with Crippen LogP contribution in [-0.2, 0) is 4.79 Å². The quantitative estimate of drug-likeness (QED) is 0.756. The molecule has 1 atom stereocenters. The third-order valence-corrected chi connectivity index (χ3v) is 2.45. The molecule has 6 heteroatoms. The molecule has 0 saturated heterocycles. The van der Waals surface area contributed by atoms with Crippen molar-refractivity contribution in [2.24, 2.45) is 5.73 Å². The van der Waals surface area contributed by atoms with E-state index < -0.39 is 11.9 Å². The molecule has 0 aliphatic heterocycles. The smallest absolute Gasteiger partial charge is 0.318 e. The lowest BCUT2D eigenvalue weighted by atomic mass is 10.1. The van der Waals surface area contributed by atoms with Crippen LogP contribution in [0.1, 0.15) is 18.5 Å². The van der Waals surface area contributed by atoms with Crippen LogP contribution in [-0.4, -0.2) is 18.5 Å². The van der Waals surface area contributed by atoms with Gasteiger partial charge in [0.1, 0.15) is 0 Å². The number of amides is 3. The molecule has 0 saturated carbocycles. The number of nitrogens with two attached hydrogens (primary N) is 1. The number of carbonyl (C=O) groups excluding carboxylic acids is 2. The predicted molar refractivity (Wildman–Crippen MR) is 65.6 cm³/mol. The fraction of sp³-hybridized carbons (Fsp3) is 0.273. The molecule has 1 unspecified atom stereocenters. The lowest BCUT2D eigenvalue weighted by Gasteiger charge is -2.13. The van der Waals surface area contributed by atoms with Crippen molar-refractivity contribution in [3.63, 3.8) is 0 Å². The SMILES string of the molecule is CC(NCC(=O)NC(N)=O)c1ccc(Cl)cc1. The van der Waals surface area contributed by atoms with Crippen molar-refractivity contribution < 1.29 is 9.59 Å². The summed E-state index contributed by atoms with van der Waals surface area (Å²) in [4.78, 5) is 21.6. The monoisotopic (exact) mass is 255 g/mol. The molecule has 0 spiro atoms. The Bertz CT molecular complexity index is 406. The summed E-state index contributed by atoms with van der Waals surface area (Å²) in [6, 6.07) is 6.41.